The van der Waals surface area contributed by atoms with Gasteiger partial charge in [0, 0.05) is 31.6 Å². The van der Waals surface area contributed by atoms with E-state index in [4.69, 9.17) is 4.98 Å². The molecule has 1 aliphatic heterocycles. The molecule has 1 unspecified atom stereocenters. The lowest BCUT2D eigenvalue weighted by molar-refractivity contribution is 0.257. The van der Waals surface area contributed by atoms with Crippen molar-refractivity contribution in [1.82, 2.24) is 14.9 Å². The van der Waals surface area contributed by atoms with E-state index in [0.717, 1.165) is 42.2 Å². The number of anilines is 1. The summed E-state index contributed by atoms with van der Waals surface area (Å²) in [6, 6.07) is 2.66. The van der Waals surface area contributed by atoms with Crippen molar-refractivity contribution >= 4 is 21.7 Å². The summed E-state index contributed by atoms with van der Waals surface area (Å²) < 4.78 is 0.896. The second kappa shape index (κ2) is 6.66. The van der Waals surface area contributed by atoms with Crippen LogP contribution in [0.5, 0.6) is 0 Å². The third kappa shape index (κ3) is 3.89. The number of aromatic nitrogens is 2. The van der Waals surface area contributed by atoms with Crippen molar-refractivity contribution in [2.75, 3.05) is 32.1 Å². The molecule has 0 N–H and O–H groups in total. The molecule has 1 aromatic heterocycles. The summed E-state index contributed by atoms with van der Waals surface area (Å²) in [5, 5.41) is 0. The summed E-state index contributed by atoms with van der Waals surface area (Å²) in [7, 11) is 4.32. The Morgan fingerprint density at radius 2 is 2.21 bits per heavy atom. The Bertz CT molecular complexity index is 422. The van der Waals surface area contributed by atoms with Crippen LogP contribution in [0.15, 0.2) is 10.7 Å². The molecule has 0 bridgehead atoms. The van der Waals surface area contributed by atoms with Crippen LogP contribution in [0.2, 0.25) is 0 Å². The first kappa shape index (κ1) is 14.7. The topological polar surface area (TPSA) is 32.3 Å². The van der Waals surface area contributed by atoms with E-state index in [2.05, 4.69) is 51.7 Å². The van der Waals surface area contributed by atoms with Crippen LogP contribution in [-0.2, 0) is 6.42 Å². The van der Waals surface area contributed by atoms with E-state index in [9.17, 15) is 0 Å². The molecule has 1 fully saturated rings. The predicted molar refractivity (Wildman–Crippen MR) is 82.6 cm³/mol. The fourth-order valence-corrected chi connectivity index (χ4v) is 2.94. The Labute approximate surface area is 124 Å². The van der Waals surface area contributed by atoms with E-state index in [1.807, 2.05) is 6.07 Å². The smallest absolute Gasteiger partial charge is 0.133 e. The quantitative estimate of drug-likeness (QED) is 0.796. The number of nitrogens with zero attached hydrogens (tertiary/aromatic N) is 4. The Morgan fingerprint density at radius 3 is 2.89 bits per heavy atom. The van der Waals surface area contributed by atoms with Gasteiger partial charge in [0.25, 0.3) is 0 Å². The summed E-state index contributed by atoms with van der Waals surface area (Å²) in [4.78, 5) is 13.9. The van der Waals surface area contributed by atoms with Gasteiger partial charge in [0.2, 0.25) is 0 Å². The van der Waals surface area contributed by atoms with E-state index in [1.165, 1.54) is 12.8 Å². The Morgan fingerprint density at radius 1 is 1.42 bits per heavy atom. The fourth-order valence-electron chi connectivity index (χ4n) is 2.53. The number of hydrogen-bond acceptors (Lipinski definition) is 4. The maximum Gasteiger partial charge on any atom is 0.133 e. The number of halogens is 1. The highest BCUT2D eigenvalue weighted by molar-refractivity contribution is 9.10. The molecule has 0 saturated carbocycles. The minimum absolute atomic E-state index is 0.622. The molecule has 0 radical (unpaired) electrons. The number of aryl methyl sites for hydroxylation is 1. The highest BCUT2D eigenvalue weighted by Gasteiger charge is 2.22. The number of rotatable bonds is 4. The molecular weight excluding hydrogens is 304 g/mol. The van der Waals surface area contributed by atoms with Gasteiger partial charge in [-0.2, -0.15) is 0 Å². The largest absolute Gasteiger partial charge is 0.355 e. The zero-order chi connectivity index (χ0) is 13.8. The van der Waals surface area contributed by atoms with E-state index in [1.54, 1.807) is 0 Å². The first-order chi connectivity index (χ1) is 9.10. The molecule has 19 heavy (non-hydrogen) atoms. The van der Waals surface area contributed by atoms with Crippen LogP contribution >= 0.6 is 15.9 Å². The van der Waals surface area contributed by atoms with Gasteiger partial charge in [0.1, 0.15) is 16.2 Å². The van der Waals surface area contributed by atoms with Crippen molar-refractivity contribution in [2.24, 2.45) is 0 Å². The lowest BCUT2D eigenvalue weighted by Gasteiger charge is -2.36. The SMILES string of the molecule is CCCc1nc(Br)cc(N2CCCC(N(C)C)C2)n1. The molecule has 0 aromatic carbocycles. The molecule has 2 rings (SSSR count). The Balaban J connectivity index is 2.16. The number of piperidine rings is 1. The first-order valence-corrected chi connectivity index (χ1v) is 7.84. The maximum atomic E-state index is 4.71. The minimum Gasteiger partial charge on any atom is -0.355 e. The second-order valence-corrected chi connectivity index (χ2v) is 6.23. The fraction of sp³-hybridized carbons (Fsp3) is 0.714. The van der Waals surface area contributed by atoms with Crippen molar-refractivity contribution in [3.05, 3.63) is 16.5 Å². The van der Waals surface area contributed by atoms with Gasteiger partial charge >= 0.3 is 0 Å². The molecule has 1 aromatic rings. The zero-order valence-corrected chi connectivity index (χ0v) is 13.7. The molecule has 0 aliphatic carbocycles. The van der Waals surface area contributed by atoms with Gasteiger partial charge in [-0.25, -0.2) is 9.97 Å². The molecule has 4 nitrogen and oxygen atoms in total. The molecule has 5 heteroatoms. The summed E-state index contributed by atoms with van der Waals surface area (Å²) in [5.41, 5.74) is 0. The Hall–Kier alpha value is -0.680. The molecule has 0 spiro atoms. The first-order valence-electron chi connectivity index (χ1n) is 7.05. The summed E-state index contributed by atoms with van der Waals surface area (Å²) >= 11 is 3.51. The summed E-state index contributed by atoms with van der Waals surface area (Å²) in [6.07, 6.45) is 4.53. The van der Waals surface area contributed by atoms with Gasteiger partial charge in [-0.15, -0.1) is 0 Å². The van der Waals surface area contributed by atoms with Gasteiger partial charge < -0.3 is 9.80 Å². The molecule has 1 aliphatic rings. The molecule has 2 heterocycles. The molecule has 0 amide bonds. The van der Waals surface area contributed by atoms with Crippen LogP contribution in [0.4, 0.5) is 5.82 Å². The van der Waals surface area contributed by atoms with Crippen LogP contribution in [-0.4, -0.2) is 48.1 Å². The lowest BCUT2D eigenvalue weighted by atomic mass is 10.1. The Kier molecular flexibility index (Phi) is 5.16. The number of likely N-dealkylation sites (N-methyl/N-ethyl adjacent to an activating group) is 1. The van der Waals surface area contributed by atoms with E-state index in [-0.39, 0.29) is 0 Å². The minimum atomic E-state index is 0.622. The third-order valence-electron chi connectivity index (χ3n) is 3.65. The lowest BCUT2D eigenvalue weighted by Crippen LogP contribution is -2.45. The van der Waals surface area contributed by atoms with E-state index < -0.39 is 0 Å². The summed E-state index contributed by atoms with van der Waals surface area (Å²) in [6.45, 7) is 4.31. The van der Waals surface area contributed by atoms with Gasteiger partial charge in [-0.3, -0.25) is 0 Å². The molecule has 1 atom stereocenters. The molecular formula is C14H23BrN4. The van der Waals surface area contributed by atoms with Crippen LogP contribution in [0.25, 0.3) is 0 Å². The normalized spacial score (nSPS) is 20.1. The van der Waals surface area contributed by atoms with Crippen molar-refractivity contribution in [3.8, 4) is 0 Å². The second-order valence-electron chi connectivity index (χ2n) is 5.42. The van der Waals surface area contributed by atoms with Crippen LogP contribution in [0, 0.1) is 0 Å². The van der Waals surface area contributed by atoms with E-state index in [0.29, 0.717) is 6.04 Å². The van der Waals surface area contributed by atoms with E-state index >= 15 is 0 Å². The average Bonchev–Trinajstić information content (AvgIpc) is 2.38. The van der Waals surface area contributed by atoms with Crippen molar-refractivity contribution in [2.45, 2.75) is 38.6 Å². The van der Waals surface area contributed by atoms with Gasteiger partial charge in [-0.05, 0) is 49.3 Å². The van der Waals surface area contributed by atoms with Crippen LogP contribution in [0.1, 0.15) is 32.0 Å². The highest BCUT2D eigenvalue weighted by atomic mass is 79.9. The zero-order valence-electron chi connectivity index (χ0n) is 12.1. The highest BCUT2D eigenvalue weighted by Crippen LogP contribution is 2.22. The molecule has 1 saturated heterocycles. The average molecular weight is 327 g/mol. The van der Waals surface area contributed by atoms with Gasteiger partial charge in [-0.1, -0.05) is 6.92 Å². The van der Waals surface area contributed by atoms with Crippen molar-refractivity contribution < 1.29 is 0 Å². The number of hydrogen-bond donors (Lipinski definition) is 0. The van der Waals surface area contributed by atoms with Crippen LogP contribution < -0.4 is 4.90 Å². The monoisotopic (exact) mass is 326 g/mol. The maximum absolute atomic E-state index is 4.71. The standard InChI is InChI=1S/C14H23BrN4/c1-4-6-13-16-12(15)9-14(17-13)19-8-5-7-11(10-19)18(2)3/h9,11H,4-8,10H2,1-3H3. The van der Waals surface area contributed by atoms with Crippen LogP contribution in [0.3, 0.4) is 0 Å². The third-order valence-corrected chi connectivity index (χ3v) is 4.06. The van der Waals surface area contributed by atoms with Gasteiger partial charge in [0.15, 0.2) is 0 Å². The predicted octanol–water partition coefficient (Wildman–Crippen LogP) is 2.72. The van der Waals surface area contributed by atoms with Crippen molar-refractivity contribution in [1.29, 1.82) is 0 Å². The van der Waals surface area contributed by atoms with Crippen molar-refractivity contribution in [3.63, 3.8) is 0 Å². The van der Waals surface area contributed by atoms with Gasteiger partial charge in [0.05, 0.1) is 0 Å². The summed E-state index contributed by atoms with van der Waals surface area (Å²) in [5.74, 6) is 2.01. The molecule has 106 valence electrons.